The van der Waals surface area contributed by atoms with E-state index in [9.17, 15) is 0 Å². The summed E-state index contributed by atoms with van der Waals surface area (Å²) < 4.78 is 0. The van der Waals surface area contributed by atoms with Gasteiger partial charge >= 0.3 is 0 Å². The van der Waals surface area contributed by atoms with Crippen LogP contribution >= 0.6 is 0 Å². The lowest BCUT2D eigenvalue weighted by Gasteiger charge is -2.04. The molecule has 0 aromatic heterocycles. The van der Waals surface area contributed by atoms with E-state index in [4.69, 9.17) is 0 Å². The van der Waals surface area contributed by atoms with Crippen molar-refractivity contribution in [3.8, 4) is 0 Å². The molecule has 2 rings (SSSR count). The maximum atomic E-state index is 3.09. The van der Waals surface area contributed by atoms with Crippen LogP contribution in [0, 0.1) is 6.67 Å². The van der Waals surface area contributed by atoms with Crippen molar-refractivity contribution in [2.45, 2.75) is 18.5 Å². The van der Waals surface area contributed by atoms with E-state index >= 15 is 0 Å². The molecule has 2 radical (unpaired) electrons. The average Bonchev–Trinajstić information content (AvgIpc) is 2.15. The van der Waals surface area contributed by atoms with Crippen LogP contribution in [0.25, 0.3) is 0 Å². The fraction of sp³-hybridized carbons (Fsp3) is 0.500. The van der Waals surface area contributed by atoms with Crippen LogP contribution in [0.1, 0.15) is 6.42 Å². The normalized spacial score (nSPS) is 43.0. The summed E-state index contributed by atoms with van der Waals surface area (Å²) in [6.45, 7) is 2.87. The molecule has 0 spiro atoms. The van der Waals surface area contributed by atoms with E-state index in [-0.39, 0.29) is 0 Å². The van der Waals surface area contributed by atoms with Crippen LogP contribution < -0.4 is 10.6 Å². The predicted molar refractivity (Wildman–Crippen MR) is 30.8 cm³/mol. The molecule has 42 valence electrons. The molecule has 1 aliphatic heterocycles. The summed E-state index contributed by atoms with van der Waals surface area (Å²) in [4.78, 5) is 0. The van der Waals surface area contributed by atoms with Gasteiger partial charge in [0.15, 0.2) is 0 Å². The van der Waals surface area contributed by atoms with Gasteiger partial charge in [-0.05, 0) is 6.42 Å². The summed E-state index contributed by atoms with van der Waals surface area (Å²) in [7, 11) is 0. The van der Waals surface area contributed by atoms with Crippen LogP contribution in [0.3, 0.4) is 0 Å². The highest BCUT2D eigenvalue weighted by Crippen LogP contribution is 2.14. The molecule has 8 heavy (non-hydrogen) atoms. The molecule has 2 nitrogen and oxygen atoms in total. The molecule has 2 atom stereocenters. The van der Waals surface area contributed by atoms with Crippen LogP contribution in [0.15, 0.2) is 12.2 Å². The monoisotopic (exact) mass is 108 g/mol. The minimum absolute atomic E-state index is 0.523. The molecule has 0 amide bonds. The third kappa shape index (κ3) is 0.501. The number of hydrogen-bond acceptors (Lipinski definition) is 2. The lowest BCUT2D eigenvalue weighted by atomic mass is 10.2. The first-order valence-corrected chi connectivity index (χ1v) is 2.89. The largest absolute Gasteiger partial charge is 0.289 e. The summed E-state index contributed by atoms with van der Waals surface area (Å²) in [6.07, 6.45) is 5.51. The van der Waals surface area contributed by atoms with E-state index in [1.54, 1.807) is 0 Å². The Morgan fingerprint density at radius 3 is 3.38 bits per heavy atom. The Hall–Kier alpha value is -0.340. The van der Waals surface area contributed by atoms with Crippen LogP contribution in [-0.2, 0) is 0 Å². The van der Waals surface area contributed by atoms with E-state index in [0.717, 1.165) is 6.42 Å². The van der Waals surface area contributed by atoms with E-state index in [1.165, 1.54) is 0 Å². The van der Waals surface area contributed by atoms with Gasteiger partial charge in [0.1, 0.15) is 6.67 Å². The average molecular weight is 108 g/mol. The van der Waals surface area contributed by atoms with Crippen molar-refractivity contribution in [1.82, 2.24) is 10.6 Å². The highest BCUT2D eigenvalue weighted by atomic mass is 15.2. The van der Waals surface area contributed by atoms with Gasteiger partial charge in [0.25, 0.3) is 0 Å². The number of nitrogens with one attached hydrogen (secondary N) is 2. The zero-order chi connectivity index (χ0) is 5.40. The Kier molecular flexibility index (Phi) is 0.889. The van der Waals surface area contributed by atoms with E-state index in [0.29, 0.717) is 12.1 Å². The van der Waals surface area contributed by atoms with Crippen LogP contribution in [0.5, 0.6) is 0 Å². The highest BCUT2D eigenvalue weighted by molar-refractivity contribution is 5.13. The van der Waals surface area contributed by atoms with Gasteiger partial charge in [0, 0.05) is 12.1 Å². The standard InChI is InChI=1S/C6H8N2/c1-2-5-6(3-1)8-4-7-5/h1-2,5-8H,3H2. The predicted octanol–water partition coefficient (Wildman–Crippen LogP) is -0.127. The van der Waals surface area contributed by atoms with Crippen molar-refractivity contribution in [1.29, 1.82) is 0 Å². The number of fused-ring (bicyclic) bond motifs is 1. The smallest absolute Gasteiger partial charge is 0.141 e. The third-order valence-electron chi connectivity index (χ3n) is 1.66. The van der Waals surface area contributed by atoms with Gasteiger partial charge in [0.05, 0.1) is 0 Å². The summed E-state index contributed by atoms with van der Waals surface area (Å²) >= 11 is 0. The molecule has 1 saturated heterocycles. The second kappa shape index (κ2) is 1.57. The van der Waals surface area contributed by atoms with Crippen molar-refractivity contribution < 1.29 is 0 Å². The Morgan fingerprint density at radius 2 is 2.50 bits per heavy atom. The first kappa shape index (κ1) is 4.53. The molecule has 2 heteroatoms. The molecule has 1 fully saturated rings. The molecule has 2 N–H and O–H groups in total. The summed E-state index contributed by atoms with van der Waals surface area (Å²) in [5, 5.41) is 6.17. The molecule has 2 unspecified atom stereocenters. The van der Waals surface area contributed by atoms with Gasteiger partial charge in [-0.3, -0.25) is 10.6 Å². The zero-order valence-corrected chi connectivity index (χ0v) is 4.52. The van der Waals surface area contributed by atoms with Crippen LogP contribution in [0.2, 0.25) is 0 Å². The van der Waals surface area contributed by atoms with Gasteiger partial charge in [0.2, 0.25) is 0 Å². The lowest BCUT2D eigenvalue weighted by Crippen LogP contribution is -2.27. The SMILES string of the molecule is [C]1NC2C=CCC2N1. The van der Waals surface area contributed by atoms with Gasteiger partial charge in [-0.25, -0.2) is 0 Å². The molecular formula is C6H8N2. The second-order valence-corrected chi connectivity index (χ2v) is 2.21. The molecule has 2 aliphatic rings. The maximum absolute atomic E-state index is 3.09. The van der Waals surface area contributed by atoms with Crippen molar-refractivity contribution in [2.24, 2.45) is 0 Å². The molecule has 0 saturated carbocycles. The second-order valence-electron chi connectivity index (χ2n) is 2.21. The van der Waals surface area contributed by atoms with Gasteiger partial charge < -0.3 is 0 Å². The molecular weight excluding hydrogens is 100 g/mol. The molecule has 1 heterocycles. The van der Waals surface area contributed by atoms with E-state index in [1.807, 2.05) is 0 Å². The molecule has 0 aromatic rings. The third-order valence-corrected chi connectivity index (χ3v) is 1.66. The van der Waals surface area contributed by atoms with E-state index < -0.39 is 0 Å². The Labute approximate surface area is 49.0 Å². The van der Waals surface area contributed by atoms with Crippen molar-refractivity contribution in [3.05, 3.63) is 18.8 Å². The lowest BCUT2D eigenvalue weighted by molar-refractivity contribution is 0.617. The van der Waals surface area contributed by atoms with Gasteiger partial charge in [-0.15, -0.1) is 0 Å². The van der Waals surface area contributed by atoms with Crippen LogP contribution in [-0.4, -0.2) is 12.1 Å². The van der Waals surface area contributed by atoms with Gasteiger partial charge in [-0.1, -0.05) is 12.2 Å². The first-order chi connectivity index (χ1) is 3.97. The fourth-order valence-electron chi connectivity index (χ4n) is 1.17. The Morgan fingerprint density at radius 1 is 1.50 bits per heavy atom. The van der Waals surface area contributed by atoms with Crippen LogP contribution in [0.4, 0.5) is 0 Å². The quantitative estimate of drug-likeness (QED) is 0.422. The Bertz CT molecular complexity index is 120. The fourth-order valence-corrected chi connectivity index (χ4v) is 1.17. The first-order valence-electron chi connectivity index (χ1n) is 2.89. The minimum atomic E-state index is 0.523. The van der Waals surface area contributed by atoms with Crippen molar-refractivity contribution in [2.75, 3.05) is 0 Å². The maximum Gasteiger partial charge on any atom is 0.141 e. The van der Waals surface area contributed by atoms with E-state index in [2.05, 4.69) is 29.5 Å². The number of rotatable bonds is 0. The minimum Gasteiger partial charge on any atom is -0.289 e. The number of hydrogen-bond donors (Lipinski definition) is 2. The summed E-state index contributed by atoms with van der Waals surface area (Å²) in [6, 6.07) is 1.12. The topological polar surface area (TPSA) is 24.1 Å². The summed E-state index contributed by atoms with van der Waals surface area (Å²) in [5.74, 6) is 0. The van der Waals surface area contributed by atoms with Crippen molar-refractivity contribution in [3.63, 3.8) is 0 Å². The zero-order valence-electron chi connectivity index (χ0n) is 4.52. The Balaban J connectivity index is 2.13. The van der Waals surface area contributed by atoms with Gasteiger partial charge in [-0.2, -0.15) is 0 Å². The molecule has 1 aliphatic carbocycles. The van der Waals surface area contributed by atoms with Crippen molar-refractivity contribution >= 4 is 0 Å². The summed E-state index contributed by atoms with van der Waals surface area (Å²) in [5.41, 5.74) is 0. The molecule has 0 bridgehead atoms. The molecule has 0 aromatic carbocycles. The highest BCUT2D eigenvalue weighted by Gasteiger charge is 2.26.